The summed E-state index contributed by atoms with van der Waals surface area (Å²) in [6.07, 6.45) is 5.43. The molecule has 0 aliphatic rings. The van der Waals surface area contributed by atoms with E-state index in [4.69, 9.17) is 4.52 Å². The summed E-state index contributed by atoms with van der Waals surface area (Å²) in [5.41, 5.74) is 0. The van der Waals surface area contributed by atoms with Gasteiger partial charge in [-0.15, -0.1) is 0 Å². The van der Waals surface area contributed by atoms with Gasteiger partial charge in [-0.3, -0.25) is 4.57 Å². The van der Waals surface area contributed by atoms with Crippen molar-refractivity contribution in [2.45, 2.75) is 26.7 Å². The van der Waals surface area contributed by atoms with Crippen LogP contribution in [0.5, 0.6) is 0 Å². The Bertz CT molecular complexity index is 177. The van der Waals surface area contributed by atoms with E-state index in [1.165, 1.54) is 0 Å². The van der Waals surface area contributed by atoms with Gasteiger partial charge in [0, 0.05) is 6.16 Å². The van der Waals surface area contributed by atoms with Crippen LogP contribution in [0.25, 0.3) is 0 Å². The fourth-order valence-corrected chi connectivity index (χ4v) is 1.84. The topological polar surface area (TPSA) is 46.5 Å². The molecule has 1 atom stereocenters. The number of allylic oxidation sites excluding steroid dienone is 1. The molecule has 12 heavy (non-hydrogen) atoms. The molecule has 0 bridgehead atoms. The van der Waals surface area contributed by atoms with Crippen LogP contribution >= 0.6 is 7.60 Å². The van der Waals surface area contributed by atoms with Crippen molar-refractivity contribution in [2.24, 2.45) is 0 Å². The van der Waals surface area contributed by atoms with E-state index >= 15 is 0 Å². The maximum atomic E-state index is 11.1. The van der Waals surface area contributed by atoms with E-state index in [0.29, 0.717) is 0 Å². The Morgan fingerprint density at radius 1 is 1.58 bits per heavy atom. The minimum Gasteiger partial charge on any atom is -0.324 e. The third kappa shape index (κ3) is 6.59. The highest BCUT2D eigenvalue weighted by Crippen LogP contribution is 2.42. The molecular formula is C8H17O3P. The molecule has 1 unspecified atom stereocenters. The molecule has 0 saturated heterocycles. The zero-order valence-electron chi connectivity index (χ0n) is 7.69. The molecule has 3 nitrogen and oxygen atoms in total. The van der Waals surface area contributed by atoms with Crippen molar-refractivity contribution >= 4 is 7.60 Å². The third-order valence-electron chi connectivity index (χ3n) is 1.40. The van der Waals surface area contributed by atoms with E-state index in [-0.39, 0.29) is 12.8 Å². The van der Waals surface area contributed by atoms with Crippen molar-refractivity contribution in [3.05, 3.63) is 12.2 Å². The second kappa shape index (κ2) is 6.41. The number of rotatable bonds is 6. The van der Waals surface area contributed by atoms with Gasteiger partial charge in [-0.1, -0.05) is 25.5 Å². The molecule has 4 heteroatoms. The Labute approximate surface area is 74.0 Å². The van der Waals surface area contributed by atoms with Gasteiger partial charge in [0.15, 0.2) is 0 Å². The summed E-state index contributed by atoms with van der Waals surface area (Å²) in [6, 6.07) is 0. The van der Waals surface area contributed by atoms with Crippen LogP contribution in [-0.4, -0.2) is 17.7 Å². The normalized spacial score (nSPS) is 16.6. The summed E-state index contributed by atoms with van der Waals surface area (Å²) < 4.78 is 15.9. The van der Waals surface area contributed by atoms with Gasteiger partial charge in [-0.05, 0) is 13.3 Å². The Kier molecular flexibility index (Phi) is 6.35. The molecular weight excluding hydrogens is 175 g/mol. The molecule has 0 heterocycles. The van der Waals surface area contributed by atoms with Crippen LogP contribution in [0.4, 0.5) is 0 Å². The van der Waals surface area contributed by atoms with E-state index in [0.717, 1.165) is 12.8 Å². The zero-order valence-corrected chi connectivity index (χ0v) is 8.59. The highest BCUT2D eigenvalue weighted by Gasteiger charge is 2.16. The van der Waals surface area contributed by atoms with Crippen molar-refractivity contribution in [1.82, 2.24) is 0 Å². The first kappa shape index (κ1) is 11.9. The predicted octanol–water partition coefficient (Wildman–Crippen LogP) is 2.56. The monoisotopic (exact) mass is 192 g/mol. The van der Waals surface area contributed by atoms with E-state index < -0.39 is 7.60 Å². The Balaban J connectivity index is 3.63. The van der Waals surface area contributed by atoms with E-state index in [2.05, 4.69) is 0 Å². The SMILES string of the molecule is CC=CCOP(=O)(O)CCCC. The fourth-order valence-electron chi connectivity index (χ4n) is 0.678. The molecule has 1 N–H and O–H groups in total. The minimum atomic E-state index is -3.29. The summed E-state index contributed by atoms with van der Waals surface area (Å²) >= 11 is 0. The van der Waals surface area contributed by atoms with Crippen LogP contribution in [0.3, 0.4) is 0 Å². The van der Waals surface area contributed by atoms with Crippen LogP contribution in [0.2, 0.25) is 0 Å². The molecule has 0 aliphatic carbocycles. The lowest BCUT2D eigenvalue weighted by Gasteiger charge is -2.09. The molecule has 72 valence electrons. The minimum absolute atomic E-state index is 0.230. The van der Waals surface area contributed by atoms with Crippen molar-refractivity contribution in [1.29, 1.82) is 0 Å². The molecule has 0 aromatic rings. The van der Waals surface area contributed by atoms with E-state index in [1.54, 1.807) is 12.2 Å². The van der Waals surface area contributed by atoms with Gasteiger partial charge >= 0.3 is 7.60 Å². The van der Waals surface area contributed by atoms with Crippen LogP contribution in [0.15, 0.2) is 12.2 Å². The maximum Gasteiger partial charge on any atom is 0.328 e. The molecule has 0 amide bonds. The maximum absolute atomic E-state index is 11.1. The highest BCUT2D eigenvalue weighted by molar-refractivity contribution is 7.52. The molecule has 0 fully saturated rings. The first-order valence-corrected chi connectivity index (χ1v) is 5.96. The van der Waals surface area contributed by atoms with Crippen molar-refractivity contribution in [3.63, 3.8) is 0 Å². The first-order chi connectivity index (χ1) is 5.62. The summed E-state index contributed by atoms with van der Waals surface area (Å²) in [5, 5.41) is 0. The average Bonchev–Trinajstić information content (AvgIpc) is 2.01. The molecule has 0 rings (SSSR count). The number of unbranched alkanes of at least 4 members (excludes halogenated alkanes) is 1. The van der Waals surface area contributed by atoms with E-state index in [9.17, 15) is 9.46 Å². The van der Waals surface area contributed by atoms with Gasteiger partial charge in [0.2, 0.25) is 0 Å². The molecule has 0 radical (unpaired) electrons. The Morgan fingerprint density at radius 3 is 2.75 bits per heavy atom. The Morgan fingerprint density at radius 2 is 2.25 bits per heavy atom. The van der Waals surface area contributed by atoms with Gasteiger partial charge in [0.25, 0.3) is 0 Å². The standard InChI is InChI=1S/C8H17O3P/c1-3-5-7-11-12(9,10)8-6-4-2/h3,5H,4,6-8H2,1-2H3,(H,9,10). The zero-order chi connectivity index (χ0) is 9.45. The van der Waals surface area contributed by atoms with Gasteiger partial charge in [0.1, 0.15) is 0 Å². The molecule has 0 aromatic heterocycles. The summed E-state index contributed by atoms with van der Waals surface area (Å²) in [7, 11) is -3.29. The molecule has 0 aliphatic heterocycles. The smallest absolute Gasteiger partial charge is 0.324 e. The van der Waals surface area contributed by atoms with Gasteiger partial charge in [0.05, 0.1) is 6.61 Å². The third-order valence-corrected chi connectivity index (χ3v) is 2.84. The molecule has 0 saturated carbocycles. The van der Waals surface area contributed by atoms with Crippen molar-refractivity contribution < 1.29 is 14.0 Å². The Hall–Kier alpha value is -0.110. The van der Waals surface area contributed by atoms with Crippen molar-refractivity contribution in [3.8, 4) is 0 Å². The van der Waals surface area contributed by atoms with Crippen LogP contribution in [-0.2, 0) is 9.09 Å². The van der Waals surface area contributed by atoms with Crippen LogP contribution in [0.1, 0.15) is 26.7 Å². The summed E-state index contributed by atoms with van der Waals surface area (Å²) in [6.45, 7) is 4.05. The number of hydrogen-bond acceptors (Lipinski definition) is 2. The van der Waals surface area contributed by atoms with Crippen molar-refractivity contribution in [2.75, 3.05) is 12.8 Å². The molecule has 0 spiro atoms. The average molecular weight is 192 g/mol. The first-order valence-electron chi connectivity index (χ1n) is 4.20. The molecule has 0 aromatic carbocycles. The predicted molar refractivity (Wildman–Crippen MR) is 50.4 cm³/mol. The summed E-state index contributed by atoms with van der Waals surface area (Å²) in [4.78, 5) is 9.17. The lowest BCUT2D eigenvalue weighted by atomic mass is 10.4. The van der Waals surface area contributed by atoms with Gasteiger partial charge in [-0.2, -0.15) is 0 Å². The highest BCUT2D eigenvalue weighted by atomic mass is 31.2. The number of hydrogen-bond donors (Lipinski definition) is 1. The van der Waals surface area contributed by atoms with Crippen LogP contribution in [0, 0.1) is 0 Å². The quantitative estimate of drug-likeness (QED) is 0.519. The van der Waals surface area contributed by atoms with Gasteiger partial charge in [-0.25, -0.2) is 0 Å². The second-order valence-electron chi connectivity index (χ2n) is 2.58. The lowest BCUT2D eigenvalue weighted by Crippen LogP contribution is -1.94. The van der Waals surface area contributed by atoms with Gasteiger partial charge < -0.3 is 9.42 Å². The second-order valence-corrected chi connectivity index (χ2v) is 4.56. The summed E-state index contributed by atoms with van der Waals surface area (Å²) in [5.74, 6) is 0. The van der Waals surface area contributed by atoms with E-state index in [1.807, 2.05) is 13.8 Å². The fraction of sp³-hybridized carbons (Fsp3) is 0.750. The largest absolute Gasteiger partial charge is 0.328 e. The van der Waals surface area contributed by atoms with Crippen LogP contribution < -0.4 is 0 Å². The lowest BCUT2D eigenvalue weighted by molar-refractivity contribution is 0.286.